The fourth-order valence-electron chi connectivity index (χ4n) is 2.59. The summed E-state index contributed by atoms with van der Waals surface area (Å²) in [4.78, 5) is 10.1. The Labute approximate surface area is 141 Å². The molecule has 0 atom stereocenters. The zero-order valence-electron chi connectivity index (χ0n) is 13.4. The van der Waals surface area contributed by atoms with Crippen LogP contribution in [0.4, 0.5) is 0 Å². The van der Waals surface area contributed by atoms with Crippen molar-refractivity contribution in [3.8, 4) is 11.3 Å². The molecule has 0 spiro atoms. The quantitative estimate of drug-likeness (QED) is 0.644. The standard InChI is InChI=1S/C18H22N4S/c1-15-21-18(16-6-3-2-4-7-16)17(23-15)8-10-19-9-5-12-22-13-11-20-14-22/h2-4,6-7,11,13-14,19H,5,8-10,12H2,1H3. The van der Waals surface area contributed by atoms with Crippen LogP contribution in [0, 0.1) is 6.92 Å². The van der Waals surface area contributed by atoms with Crippen molar-refractivity contribution in [3.63, 3.8) is 0 Å². The van der Waals surface area contributed by atoms with Crippen LogP contribution in [0.3, 0.4) is 0 Å². The SMILES string of the molecule is Cc1nc(-c2ccccc2)c(CCNCCCn2ccnc2)s1. The largest absolute Gasteiger partial charge is 0.337 e. The minimum absolute atomic E-state index is 0.991. The van der Waals surface area contributed by atoms with Crippen LogP contribution >= 0.6 is 11.3 Å². The van der Waals surface area contributed by atoms with E-state index in [2.05, 4.69) is 46.1 Å². The molecule has 1 aromatic carbocycles. The number of aromatic nitrogens is 3. The van der Waals surface area contributed by atoms with Crippen molar-refractivity contribution in [2.75, 3.05) is 13.1 Å². The molecule has 0 saturated carbocycles. The van der Waals surface area contributed by atoms with Gasteiger partial charge in [0.1, 0.15) is 0 Å². The molecule has 3 aromatic rings. The molecule has 2 aromatic heterocycles. The highest BCUT2D eigenvalue weighted by Crippen LogP contribution is 2.28. The first kappa shape index (κ1) is 15.9. The Balaban J connectivity index is 1.47. The third-order valence-corrected chi connectivity index (χ3v) is 4.74. The molecule has 23 heavy (non-hydrogen) atoms. The maximum absolute atomic E-state index is 4.71. The topological polar surface area (TPSA) is 42.7 Å². The van der Waals surface area contributed by atoms with Crippen LogP contribution < -0.4 is 5.32 Å². The summed E-state index contributed by atoms with van der Waals surface area (Å²) in [5.41, 5.74) is 2.36. The Morgan fingerprint density at radius 2 is 2.04 bits per heavy atom. The van der Waals surface area contributed by atoms with Gasteiger partial charge in [-0.15, -0.1) is 11.3 Å². The smallest absolute Gasteiger partial charge is 0.0945 e. The van der Waals surface area contributed by atoms with E-state index < -0.39 is 0 Å². The second-order valence-corrected chi connectivity index (χ2v) is 6.81. The molecule has 0 amide bonds. The van der Waals surface area contributed by atoms with E-state index in [9.17, 15) is 0 Å². The molecule has 0 radical (unpaired) electrons. The van der Waals surface area contributed by atoms with Crippen molar-refractivity contribution in [1.29, 1.82) is 0 Å². The summed E-state index contributed by atoms with van der Waals surface area (Å²) < 4.78 is 2.11. The van der Waals surface area contributed by atoms with E-state index >= 15 is 0 Å². The van der Waals surface area contributed by atoms with Gasteiger partial charge in [-0.05, 0) is 26.3 Å². The maximum Gasteiger partial charge on any atom is 0.0945 e. The zero-order chi connectivity index (χ0) is 15.9. The molecule has 0 fully saturated rings. The predicted molar refractivity (Wildman–Crippen MR) is 95.7 cm³/mol. The van der Waals surface area contributed by atoms with Gasteiger partial charge >= 0.3 is 0 Å². The summed E-state index contributed by atoms with van der Waals surface area (Å²) in [6.45, 7) is 5.11. The number of nitrogens with one attached hydrogen (secondary N) is 1. The van der Waals surface area contributed by atoms with Crippen LogP contribution in [-0.4, -0.2) is 27.6 Å². The van der Waals surface area contributed by atoms with Crippen LogP contribution in [-0.2, 0) is 13.0 Å². The lowest BCUT2D eigenvalue weighted by Gasteiger charge is -2.06. The van der Waals surface area contributed by atoms with Crippen LogP contribution in [0.25, 0.3) is 11.3 Å². The molecule has 1 N–H and O–H groups in total. The highest BCUT2D eigenvalue weighted by molar-refractivity contribution is 7.12. The summed E-state index contributed by atoms with van der Waals surface area (Å²) >= 11 is 1.81. The molecule has 0 aliphatic heterocycles. The van der Waals surface area contributed by atoms with Crippen LogP contribution in [0.5, 0.6) is 0 Å². The first-order valence-electron chi connectivity index (χ1n) is 8.01. The molecule has 0 unspecified atom stereocenters. The number of aryl methyl sites for hydroxylation is 2. The third-order valence-electron chi connectivity index (χ3n) is 3.71. The molecule has 2 heterocycles. The van der Waals surface area contributed by atoms with E-state index in [0.717, 1.165) is 43.2 Å². The number of hydrogen-bond acceptors (Lipinski definition) is 4. The van der Waals surface area contributed by atoms with Gasteiger partial charge in [0, 0.05) is 35.9 Å². The number of hydrogen-bond donors (Lipinski definition) is 1. The fourth-order valence-corrected chi connectivity index (χ4v) is 3.55. The van der Waals surface area contributed by atoms with Crippen molar-refractivity contribution < 1.29 is 0 Å². The molecule has 0 bridgehead atoms. The number of benzene rings is 1. The maximum atomic E-state index is 4.71. The minimum atomic E-state index is 0.991. The molecule has 4 nitrogen and oxygen atoms in total. The van der Waals surface area contributed by atoms with Gasteiger partial charge in [-0.2, -0.15) is 0 Å². The van der Waals surface area contributed by atoms with Crippen molar-refractivity contribution >= 4 is 11.3 Å². The van der Waals surface area contributed by atoms with Crippen molar-refractivity contribution in [2.45, 2.75) is 26.3 Å². The molecule has 5 heteroatoms. The molecule has 0 saturated heterocycles. The number of rotatable bonds is 8. The summed E-state index contributed by atoms with van der Waals surface area (Å²) in [5, 5.41) is 4.67. The van der Waals surface area contributed by atoms with E-state index in [1.807, 2.05) is 36.1 Å². The average Bonchev–Trinajstić information content (AvgIpc) is 3.21. The fraction of sp³-hybridized carbons (Fsp3) is 0.333. The first-order chi connectivity index (χ1) is 11.3. The lowest BCUT2D eigenvalue weighted by Crippen LogP contribution is -2.19. The van der Waals surface area contributed by atoms with E-state index in [1.54, 1.807) is 0 Å². The van der Waals surface area contributed by atoms with Gasteiger partial charge < -0.3 is 9.88 Å². The van der Waals surface area contributed by atoms with E-state index in [-0.39, 0.29) is 0 Å². The Kier molecular flexibility index (Phi) is 5.56. The van der Waals surface area contributed by atoms with Gasteiger partial charge in [-0.1, -0.05) is 30.3 Å². The van der Waals surface area contributed by atoms with Gasteiger partial charge in [-0.3, -0.25) is 0 Å². The van der Waals surface area contributed by atoms with Gasteiger partial charge in [0.25, 0.3) is 0 Å². The lowest BCUT2D eigenvalue weighted by molar-refractivity contribution is 0.582. The highest BCUT2D eigenvalue weighted by atomic mass is 32.1. The van der Waals surface area contributed by atoms with Gasteiger partial charge in [0.15, 0.2) is 0 Å². The molecule has 120 valence electrons. The van der Waals surface area contributed by atoms with Gasteiger partial charge in [0.05, 0.1) is 17.0 Å². The van der Waals surface area contributed by atoms with Crippen molar-refractivity contribution in [2.24, 2.45) is 0 Å². The first-order valence-corrected chi connectivity index (χ1v) is 8.83. The van der Waals surface area contributed by atoms with Crippen LogP contribution in [0.15, 0.2) is 49.1 Å². The molecule has 0 aliphatic rings. The van der Waals surface area contributed by atoms with Crippen molar-refractivity contribution in [3.05, 3.63) is 58.9 Å². The second-order valence-electron chi connectivity index (χ2n) is 5.52. The second kappa shape index (κ2) is 8.04. The predicted octanol–water partition coefficient (Wildman–Crippen LogP) is 3.54. The van der Waals surface area contributed by atoms with E-state index in [1.165, 1.54) is 10.4 Å². The zero-order valence-corrected chi connectivity index (χ0v) is 14.2. The van der Waals surface area contributed by atoms with Crippen LogP contribution in [0.2, 0.25) is 0 Å². The lowest BCUT2D eigenvalue weighted by atomic mass is 10.1. The number of imidazole rings is 1. The Morgan fingerprint density at radius 3 is 2.83 bits per heavy atom. The molecule has 0 aliphatic carbocycles. The van der Waals surface area contributed by atoms with Crippen LogP contribution in [0.1, 0.15) is 16.3 Å². The third kappa shape index (κ3) is 4.50. The average molecular weight is 326 g/mol. The Morgan fingerprint density at radius 1 is 1.17 bits per heavy atom. The monoisotopic (exact) mass is 326 g/mol. The van der Waals surface area contributed by atoms with Crippen molar-refractivity contribution in [1.82, 2.24) is 19.9 Å². The summed E-state index contributed by atoms with van der Waals surface area (Å²) in [6.07, 6.45) is 7.84. The Hall–Kier alpha value is -1.98. The number of nitrogens with zero attached hydrogens (tertiary/aromatic N) is 3. The van der Waals surface area contributed by atoms with E-state index in [4.69, 9.17) is 4.98 Å². The summed E-state index contributed by atoms with van der Waals surface area (Å²) in [6, 6.07) is 10.5. The molecular weight excluding hydrogens is 304 g/mol. The van der Waals surface area contributed by atoms with Gasteiger partial charge in [-0.25, -0.2) is 9.97 Å². The normalized spacial score (nSPS) is 11.0. The molecular formula is C18H22N4S. The summed E-state index contributed by atoms with van der Waals surface area (Å²) in [7, 11) is 0. The Bertz CT molecular complexity index is 704. The summed E-state index contributed by atoms with van der Waals surface area (Å²) in [5.74, 6) is 0. The highest BCUT2D eigenvalue weighted by Gasteiger charge is 2.10. The minimum Gasteiger partial charge on any atom is -0.337 e. The van der Waals surface area contributed by atoms with E-state index in [0.29, 0.717) is 0 Å². The number of thiazole rings is 1. The molecule has 3 rings (SSSR count). The van der Waals surface area contributed by atoms with Gasteiger partial charge in [0.2, 0.25) is 0 Å².